The summed E-state index contributed by atoms with van der Waals surface area (Å²) in [6.07, 6.45) is -1.62. The SMILES string of the molecule is COc1cc(-c2cc(C(=O)N3CC[C@H](C(=O)NC4CCC(NS(=O)C(C)(C)C)(C(F)(F)F)CC4)CC34CC4)[nH]n2)c(F)cn1. The number of nitrogens with one attached hydrogen (secondary N) is 3. The van der Waals surface area contributed by atoms with E-state index in [9.17, 15) is 31.4 Å². The second-order valence-electron chi connectivity index (χ2n) is 13.1. The number of methoxy groups -OCH3 is 1. The standard InChI is InChI=1S/C29H38F4N6O4S/c1-26(2,3)44(42)38-28(29(31,32)33)8-5-18(6-9-28)35-24(40)17-7-12-39(27(15-17)10-11-27)25(41)22-14-21(36-37-22)19-13-23(43-4)34-16-20(19)30/h13-14,16-18,38H,5-12,15H2,1-4H3,(H,35,40)(H,36,37)/t17-,18?,28?,44?/m0/s1. The van der Waals surface area contributed by atoms with Gasteiger partial charge in [0.1, 0.15) is 11.2 Å². The molecule has 1 unspecified atom stereocenters. The van der Waals surface area contributed by atoms with E-state index < -0.39 is 44.8 Å². The van der Waals surface area contributed by atoms with Gasteiger partial charge >= 0.3 is 6.18 Å². The Morgan fingerprint density at radius 2 is 1.80 bits per heavy atom. The number of piperidine rings is 1. The molecule has 3 heterocycles. The monoisotopic (exact) mass is 642 g/mol. The van der Waals surface area contributed by atoms with Crippen molar-refractivity contribution in [3.63, 3.8) is 0 Å². The van der Waals surface area contributed by atoms with Crippen molar-refractivity contribution in [3.8, 4) is 17.1 Å². The van der Waals surface area contributed by atoms with Crippen LogP contribution in [-0.2, 0) is 15.8 Å². The number of carbonyl (C=O) groups is 2. The van der Waals surface area contributed by atoms with Crippen molar-refractivity contribution in [1.82, 2.24) is 30.1 Å². The number of halogens is 4. The van der Waals surface area contributed by atoms with Crippen LogP contribution < -0.4 is 14.8 Å². The molecule has 2 saturated carbocycles. The number of hydrogen-bond donors (Lipinski definition) is 3. The number of pyridine rings is 1. The zero-order valence-corrected chi connectivity index (χ0v) is 26.0. The van der Waals surface area contributed by atoms with E-state index in [1.54, 1.807) is 25.7 Å². The molecule has 3 aliphatic rings. The highest BCUT2D eigenvalue weighted by Crippen LogP contribution is 2.51. The van der Waals surface area contributed by atoms with Gasteiger partial charge in [0.15, 0.2) is 5.82 Å². The topological polar surface area (TPSA) is 129 Å². The van der Waals surface area contributed by atoms with Gasteiger partial charge in [-0.3, -0.25) is 14.7 Å². The van der Waals surface area contributed by atoms with Gasteiger partial charge in [0.25, 0.3) is 5.91 Å². The van der Waals surface area contributed by atoms with E-state index in [0.29, 0.717) is 19.4 Å². The van der Waals surface area contributed by atoms with E-state index in [4.69, 9.17) is 4.74 Å². The minimum Gasteiger partial charge on any atom is -0.481 e. The Morgan fingerprint density at radius 3 is 2.39 bits per heavy atom. The molecule has 5 rings (SSSR count). The number of hydrogen-bond acceptors (Lipinski definition) is 6. The van der Waals surface area contributed by atoms with Crippen molar-refractivity contribution in [2.45, 2.75) is 100 Å². The third kappa shape index (κ3) is 6.35. The summed E-state index contributed by atoms with van der Waals surface area (Å²) < 4.78 is 75.9. The average Bonchev–Trinajstić information content (AvgIpc) is 3.53. The van der Waals surface area contributed by atoms with Crippen LogP contribution in [0.1, 0.15) is 82.6 Å². The number of amides is 2. The van der Waals surface area contributed by atoms with E-state index in [1.165, 1.54) is 19.2 Å². The Morgan fingerprint density at radius 1 is 1.11 bits per heavy atom. The first-order valence-electron chi connectivity index (χ1n) is 14.7. The van der Waals surface area contributed by atoms with E-state index in [0.717, 1.165) is 19.0 Å². The van der Waals surface area contributed by atoms with Crippen molar-refractivity contribution in [2.24, 2.45) is 5.92 Å². The van der Waals surface area contributed by atoms with E-state index in [-0.39, 0.29) is 66.2 Å². The molecule has 242 valence electrons. The lowest BCUT2D eigenvalue weighted by molar-refractivity contribution is -0.200. The molecular formula is C29H38F4N6O4S. The minimum atomic E-state index is -4.59. The normalized spacial score (nSPS) is 25.9. The molecule has 1 aliphatic heterocycles. The number of rotatable bonds is 7. The summed E-state index contributed by atoms with van der Waals surface area (Å²) in [5, 5.41) is 9.78. The van der Waals surface area contributed by atoms with Gasteiger partial charge in [0.05, 0.1) is 34.7 Å². The fourth-order valence-corrected chi connectivity index (χ4v) is 7.12. The maximum absolute atomic E-state index is 14.4. The van der Waals surface area contributed by atoms with Crippen molar-refractivity contribution in [1.29, 1.82) is 0 Å². The van der Waals surface area contributed by atoms with Crippen LogP contribution in [0.5, 0.6) is 5.88 Å². The average molecular weight is 643 g/mol. The summed E-state index contributed by atoms with van der Waals surface area (Å²) in [6.45, 7) is 5.18. The molecule has 15 heteroatoms. The van der Waals surface area contributed by atoms with Crippen molar-refractivity contribution >= 4 is 22.8 Å². The number of nitrogens with zero attached hydrogens (tertiary/aromatic N) is 3. The first-order chi connectivity index (χ1) is 20.6. The second kappa shape index (κ2) is 11.7. The maximum Gasteiger partial charge on any atom is 0.407 e. The van der Waals surface area contributed by atoms with Gasteiger partial charge in [-0.2, -0.15) is 18.3 Å². The number of aromatic amines is 1. The summed E-state index contributed by atoms with van der Waals surface area (Å²) in [5.74, 6) is -1.29. The highest BCUT2D eigenvalue weighted by Gasteiger charge is 2.58. The summed E-state index contributed by atoms with van der Waals surface area (Å²) in [6, 6.07) is 2.45. The molecule has 2 aliphatic carbocycles. The van der Waals surface area contributed by atoms with Crippen LogP contribution in [0.2, 0.25) is 0 Å². The van der Waals surface area contributed by atoms with E-state index in [2.05, 4.69) is 25.2 Å². The molecule has 1 spiro atoms. The fraction of sp³-hybridized carbons (Fsp3) is 0.655. The third-order valence-corrected chi connectivity index (χ3v) is 10.7. The van der Waals surface area contributed by atoms with E-state index in [1.807, 2.05) is 0 Å². The van der Waals surface area contributed by atoms with Crippen LogP contribution in [0, 0.1) is 11.7 Å². The molecule has 3 N–H and O–H groups in total. The van der Waals surface area contributed by atoms with Crippen molar-refractivity contribution < 1.29 is 36.1 Å². The summed E-state index contributed by atoms with van der Waals surface area (Å²) in [5.41, 5.74) is -2.18. The van der Waals surface area contributed by atoms with Crippen LogP contribution in [0.25, 0.3) is 11.3 Å². The van der Waals surface area contributed by atoms with Crippen molar-refractivity contribution in [3.05, 3.63) is 29.8 Å². The highest BCUT2D eigenvalue weighted by atomic mass is 32.2. The molecule has 2 atom stereocenters. The Bertz CT molecular complexity index is 1430. The molecule has 44 heavy (non-hydrogen) atoms. The zero-order chi connectivity index (χ0) is 32.1. The van der Waals surface area contributed by atoms with Crippen LogP contribution >= 0.6 is 0 Å². The molecule has 0 radical (unpaired) electrons. The summed E-state index contributed by atoms with van der Waals surface area (Å²) in [7, 11) is -0.491. The first kappa shape index (κ1) is 32.3. The lowest BCUT2D eigenvalue weighted by Crippen LogP contribution is -2.62. The quantitative estimate of drug-likeness (QED) is 0.384. The van der Waals surface area contributed by atoms with Gasteiger partial charge in [0.2, 0.25) is 11.8 Å². The van der Waals surface area contributed by atoms with Crippen LogP contribution in [0.3, 0.4) is 0 Å². The van der Waals surface area contributed by atoms with Gasteiger partial charge in [-0.15, -0.1) is 0 Å². The number of aromatic nitrogens is 3. The molecule has 0 bridgehead atoms. The zero-order valence-electron chi connectivity index (χ0n) is 25.1. The number of alkyl halides is 3. The highest BCUT2D eigenvalue weighted by molar-refractivity contribution is 7.84. The molecule has 2 amide bonds. The van der Waals surface area contributed by atoms with Crippen molar-refractivity contribution in [2.75, 3.05) is 13.7 Å². The first-order valence-corrected chi connectivity index (χ1v) is 15.9. The molecule has 0 aromatic carbocycles. The molecule has 10 nitrogen and oxygen atoms in total. The largest absolute Gasteiger partial charge is 0.481 e. The number of carbonyl (C=O) groups excluding carboxylic acids is 2. The summed E-state index contributed by atoms with van der Waals surface area (Å²) >= 11 is 0. The van der Waals surface area contributed by atoms with Gasteiger partial charge in [0, 0.05) is 35.7 Å². The number of ether oxygens (including phenoxy) is 1. The fourth-order valence-electron chi connectivity index (χ4n) is 6.14. The van der Waals surface area contributed by atoms with Crippen LogP contribution in [-0.4, -0.2) is 77.8 Å². The molecule has 1 saturated heterocycles. The number of H-pyrrole nitrogens is 1. The smallest absolute Gasteiger partial charge is 0.407 e. The molecular weight excluding hydrogens is 604 g/mol. The lowest BCUT2D eigenvalue weighted by Gasteiger charge is -2.43. The Hall–Kier alpha value is -3.07. The molecule has 2 aromatic rings. The van der Waals surface area contributed by atoms with Crippen LogP contribution in [0.15, 0.2) is 18.3 Å². The number of likely N-dealkylation sites (tertiary alicyclic amines) is 1. The Kier molecular flexibility index (Phi) is 8.59. The predicted molar refractivity (Wildman–Crippen MR) is 154 cm³/mol. The summed E-state index contributed by atoms with van der Waals surface area (Å²) in [4.78, 5) is 32.3. The van der Waals surface area contributed by atoms with E-state index >= 15 is 0 Å². The lowest BCUT2D eigenvalue weighted by atomic mass is 9.79. The second-order valence-corrected chi connectivity index (χ2v) is 15.1. The van der Waals surface area contributed by atoms with Gasteiger partial charge in [-0.1, -0.05) is 0 Å². The predicted octanol–water partition coefficient (Wildman–Crippen LogP) is 4.42. The van der Waals surface area contributed by atoms with Gasteiger partial charge < -0.3 is 15.0 Å². The van der Waals surface area contributed by atoms with Gasteiger partial charge in [-0.05, 0) is 78.2 Å². The minimum absolute atomic E-state index is 0.105. The third-order valence-electron chi connectivity index (χ3n) is 9.04. The molecule has 3 fully saturated rings. The maximum atomic E-state index is 14.4. The Labute approximate surface area is 255 Å². The van der Waals surface area contributed by atoms with Crippen LogP contribution in [0.4, 0.5) is 17.6 Å². The Balaban J connectivity index is 1.19. The van der Waals surface area contributed by atoms with Gasteiger partial charge in [-0.25, -0.2) is 18.3 Å². The molecule has 2 aromatic heterocycles.